The maximum atomic E-state index is 12.5. The van der Waals surface area contributed by atoms with Crippen molar-refractivity contribution in [2.45, 2.75) is 11.8 Å². The third kappa shape index (κ3) is 2.39. The third-order valence-electron chi connectivity index (χ3n) is 3.25. The molecule has 0 bridgehead atoms. The van der Waals surface area contributed by atoms with Crippen LogP contribution in [0.3, 0.4) is 0 Å². The number of rotatable bonds is 3. The van der Waals surface area contributed by atoms with E-state index in [-0.39, 0.29) is 22.9 Å². The van der Waals surface area contributed by atoms with Gasteiger partial charge in [-0.05, 0) is 19.1 Å². The van der Waals surface area contributed by atoms with E-state index in [4.69, 9.17) is 11.6 Å². The first-order valence-corrected chi connectivity index (χ1v) is 7.86. The first-order valence-electron chi connectivity index (χ1n) is 5.98. The fourth-order valence-corrected chi connectivity index (χ4v) is 3.71. The molecule has 0 unspecified atom stereocenters. The summed E-state index contributed by atoms with van der Waals surface area (Å²) >= 11 is 5.61. The highest BCUT2D eigenvalue weighted by atomic mass is 35.5. The van der Waals surface area contributed by atoms with Gasteiger partial charge in [0.25, 0.3) is 15.9 Å². The molecule has 1 aliphatic rings. The van der Waals surface area contributed by atoms with Crippen LogP contribution >= 0.6 is 11.6 Å². The highest BCUT2D eigenvalue weighted by Gasteiger charge is 2.40. The summed E-state index contributed by atoms with van der Waals surface area (Å²) in [6.45, 7) is 5.50. The van der Waals surface area contributed by atoms with Gasteiger partial charge in [0.05, 0.1) is 4.90 Å². The second-order valence-corrected chi connectivity index (χ2v) is 6.64. The molecule has 0 aliphatic carbocycles. The summed E-state index contributed by atoms with van der Waals surface area (Å²) in [6.07, 6.45) is 1.52. The van der Waals surface area contributed by atoms with Gasteiger partial charge in [0.1, 0.15) is 0 Å². The van der Waals surface area contributed by atoms with E-state index in [1.165, 1.54) is 18.2 Å². The monoisotopic (exact) mass is 311 g/mol. The maximum absolute atomic E-state index is 12.5. The third-order valence-corrected chi connectivity index (χ3v) is 5.24. The SMILES string of the molecule is C=C[C@H]1CN(S(=O)(=O)c2ccc(C)cc2)C(=O)/C1=C/Cl. The molecule has 6 heteroatoms. The van der Waals surface area contributed by atoms with Gasteiger partial charge >= 0.3 is 0 Å². The standard InChI is InChI=1S/C14H14ClNO3S/c1-3-11-9-16(14(17)13(11)8-15)20(18,19)12-6-4-10(2)5-7-12/h3-8,11H,1,9H2,2H3/b13-8+/t11-/m0/s1. The van der Waals surface area contributed by atoms with Crippen molar-refractivity contribution in [3.8, 4) is 0 Å². The van der Waals surface area contributed by atoms with Gasteiger partial charge in [-0.15, -0.1) is 6.58 Å². The number of hydrogen-bond acceptors (Lipinski definition) is 3. The number of amides is 1. The van der Waals surface area contributed by atoms with Gasteiger partial charge in [-0.1, -0.05) is 35.4 Å². The van der Waals surface area contributed by atoms with Crippen LogP contribution in [-0.2, 0) is 14.8 Å². The summed E-state index contributed by atoms with van der Waals surface area (Å²) in [6, 6.07) is 6.36. The van der Waals surface area contributed by atoms with Crippen LogP contribution in [0, 0.1) is 12.8 Å². The smallest absolute Gasteiger partial charge is 0.266 e. The van der Waals surface area contributed by atoms with Crippen LogP contribution in [0.25, 0.3) is 0 Å². The molecule has 0 saturated carbocycles. The van der Waals surface area contributed by atoms with Crippen LogP contribution < -0.4 is 0 Å². The average Bonchev–Trinajstić information content (AvgIpc) is 2.76. The van der Waals surface area contributed by atoms with Gasteiger partial charge in [0.2, 0.25) is 0 Å². The Morgan fingerprint density at radius 2 is 1.95 bits per heavy atom. The predicted molar refractivity (Wildman–Crippen MR) is 77.7 cm³/mol. The Hall–Kier alpha value is -1.59. The molecule has 20 heavy (non-hydrogen) atoms. The van der Waals surface area contributed by atoms with Crippen molar-refractivity contribution in [1.82, 2.24) is 4.31 Å². The van der Waals surface area contributed by atoms with Crippen molar-refractivity contribution in [3.63, 3.8) is 0 Å². The van der Waals surface area contributed by atoms with Crippen molar-refractivity contribution in [2.75, 3.05) is 6.54 Å². The van der Waals surface area contributed by atoms with Gasteiger partial charge < -0.3 is 0 Å². The summed E-state index contributed by atoms with van der Waals surface area (Å²) in [4.78, 5) is 12.2. The van der Waals surface area contributed by atoms with Crippen molar-refractivity contribution >= 4 is 27.5 Å². The Labute approximate surface area is 123 Å². The van der Waals surface area contributed by atoms with Crippen molar-refractivity contribution in [2.24, 2.45) is 5.92 Å². The molecule has 1 fully saturated rings. The van der Waals surface area contributed by atoms with E-state index in [0.717, 1.165) is 15.4 Å². The topological polar surface area (TPSA) is 54.5 Å². The highest BCUT2D eigenvalue weighted by Crippen LogP contribution is 2.30. The van der Waals surface area contributed by atoms with E-state index in [9.17, 15) is 13.2 Å². The van der Waals surface area contributed by atoms with E-state index in [1.54, 1.807) is 12.1 Å². The van der Waals surface area contributed by atoms with Gasteiger partial charge in [-0.25, -0.2) is 12.7 Å². The Bertz CT molecular complexity index is 677. The normalized spacial score (nSPS) is 21.5. The number of benzene rings is 1. The molecule has 1 heterocycles. The molecule has 0 aromatic heterocycles. The lowest BCUT2D eigenvalue weighted by atomic mass is 10.1. The second-order valence-electron chi connectivity index (χ2n) is 4.56. The van der Waals surface area contributed by atoms with E-state index in [1.807, 2.05) is 6.92 Å². The Morgan fingerprint density at radius 1 is 1.35 bits per heavy atom. The average molecular weight is 312 g/mol. The Balaban J connectivity index is 2.43. The molecule has 106 valence electrons. The second kappa shape index (κ2) is 5.42. The molecule has 4 nitrogen and oxygen atoms in total. The number of aryl methyl sites for hydroxylation is 1. The predicted octanol–water partition coefficient (Wildman–Crippen LogP) is 2.45. The van der Waals surface area contributed by atoms with Crippen LogP contribution in [0.4, 0.5) is 0 Å². The highest BCUT2D eigenvalue weighted by molar-refractivity contribution is 7.89. The molecule has 1 saturated heterocycles. The molecule has 0 spiro atoms. The molecule has 1 atom stereocenters. The molecular weight excluding hydrogens is 298 g/mol. The van der Waals surface area contributed by atoms with Gasteiger partial charge in [0, 0.05) is 23.6 Å². The lowest BCUT2D eigenvalue weighted by Crippen LogP contribution is -2.32. The fraction of sp³-hybridized carbons (Fsp3) is 0.214. The Kier molecular flexibility index (Phi) is 4.01. The molecule has 1 amide bonds. The zero-order valence-electron chi connectivity index (χ0n) is 10.9. The fourth-order valence-electron chi connectivity index (χ4n) is 2.04. The number of carbonyl (C=O) groups is 1. The maximum Gasteiger partial charge on any atom is 0.266 e. The molecule has 2 rings (SSSR count). The van der Waals surface area contributed by atoms with Crippen LogP contribution in [0.15, 0.2) is 52.9 Å². The van der Waals surface area contributed by atoms with Crippen molar-refractivity contribution in [1.29, 1.82) is 0 Å². The number of sulfonamides is 1. The van der Waals surface area contributed by atoms with Crippen LogP contribution in [-0.4, -0.2) is 25.2 Å². The minimum absolute atomic E-state index is 0.0388. The number of carbonyl (C=O) groups excluding carboxylic acids is 1. The molecule has 1 aromatic carbocycles. The first-order chi connectivity index (χ1) is 9.41. The van der Waals surface area contributed by atoms with Crippen LogP contribution in [0.2, 0.25) is 0 Å². The number of nitrogens with zero attached hydrogens (tertiary/aromatic N) is 1. The minimum Gasteiger partial charge on any atom is -0.268 e. The van der Waals surface area contributed by atoms with E-state index < -0.39 is 15.9 Å². The quantitative estimate of drug-likeness (QED) is 0.636. The van der Waals surface area contributed by atoms with Gasteiger partial charge in [-0.2, -0.15) is 0 Å². The molecule has 0 N–H and O–H groups in total. The lowest BCUT2D eigenvalue weighted by Gasteiger charge is -2.16. The van der Waals surface area contributed by atoms with Crippen molar-refractivity contribution < 1.29 is 13.2 Å². The van der Waals surface area contributed by atoms with Gasteiger partial charge in [0.15, 0.2) is 0 Å². The molecule has 1 aromatic rings. The number of hydrogen-bond donors (Lipinski definition) is 0. The van der Waals surface area contributed by atoms with E-state index in [0.29, 0.717) is 0 Å². The molecule has 0 radical (unpaired) electrons. The van der Waals surface area contributed by atoms with Crippen LogP contribution in [0.5, 0.6) is 0 Å². The summed E-state index contributed by atoms with van der Waals surface area (Å²) in [5, 5.41) is 0. The summed E-state index contributed by atoms with van der Waals surface area (Å²) in [5.41, 5.74) is 2.32. The largest absolute Gasteiger partial charge is 0.268 e. The summed E-state index contributed by atoms with van der Waals surface area (Å²) in [5.74, 6) is -0.967. The lowest BCUT2D eigenvalue weighted by molar-refractivity contribution is -0.120. The molecular formula is C14H14ClNO3S. The summed E-state index contributed by atoms with van der Waals surface area (Å²) in [7, 11) is -3.85. The van der Waals surface area contributed by atoms with Crippen molar-refractivity contribution in [3.05, 3.63) is 53.6 Å². The Morgan fingerprint density at radius 3 is 2.40 bits per heavy atom. The first kappa shape index (κ1) is 14.8. The zero-order valence-corrected chi connectivity index (χ0v) is 12.5. The van der Waals surface area contributed by atoms with Gasteiger partial charge in [-0.3, -0.25) is 4.79 Å². The van der Waals surface area contributed by atoms with E-state index in [2.05, 4.69) is 6.58 Å². The van der Waals surface area contributed by atoms with Crippen LogP contribution in [0.1, 0.15) is 5.56 Å². The number of halogens is 1. The summed E-state index contributed by atoms with van der Waals surface area (Å²) < 4.78 is 25.8. The molecule has 1 aliphatic heterocycles. The zero-order chi connectivity index (χ0) is 14.9. The van der Waals surface area contributed by atoms with E-state index >= 15 is 0 Å². The minimum atomic E-state index is -3.85.